The Hall–Kier alpha value is -2.11. The third-order valence-electron chi connectivity index (χ3n) is 7.63. The van der Waals surface area contributed by atoms with E-state index in [9.17, 15) is 4.79 Å². The Kier molecular flexibility index (Phi) is 5.65. The lowest BCUT2D eigenvalue weighted by Crippen LogP contribution is -2.53. The summed E-state index contributed by atoms with van der Waals surface area (Å²) in [7, 11) is 4.06. The van der Waals surface area contributed by atoms with Gasteiger partial charge in [-0.05, 0) is 63.9 Å². The highest BCUT2D eigenvalue weighted by molar-refractivity contribution is 5.53. The van der Waals surface area contributed by atoms with Crippen molar-refractivity contribution in [1.82, 2.24) is 14.4 Å². The van der Waals surface area contributed by atoms with Crippen LogP contribution < -0.4 is 10.5 Å². The van der Waals surface area contributed by atoms with Gasteiger partial charge >= 0.3 is 0 Å². The molecule has 0 spiro atoms. The topological polar surface area (TPSA) is 31.7 Å². The third kappa shape index (κ3) is 4.06. The fourth-order valence-corrected chi connectivity index (χ4v) is 6.18. The Labute approximate surface area is 186 Å². The number of para-hydroxylation sites is 1. The maximum atomic E-state index is 13.1. The van der Waals surface area contributed by atoms with E-state index in [1.807, 2.05) is 14.1 Å². The quantitative estimate of drug-likeness (QED) is 0.760. The van der Waals surface area contributed by atoms with Gasteiger partial charge in [-0.15, -0.1) is 0 Å². The summed E-state index contributed by atoms with van der Waals surface area (Å²) in [5, 5.41) is 0. The molecule has 5 nitrogen and oxygen atoms in total. The highest BCUT2D eigenvalue weighted by atomic mass is 16.1. The van der Waals surface area contributed by atoms with Crippen LogP contribution in [-0.4, -0.2) is 60.7 Å². The number of likely N-dealkylation sites (tertiary alicyclic amines) is 1. The zero-order valence-corrected chi connectivity index (χ0v) is 19.3. The summed E-state index contributed by atoms with van der Waals surface area (Å²) in [4.78, 5) is 20.5. The molecule has 0 saturated carbocycles. The van der Waals surface area contributed by atoms with E-state index in [0.717, 1.165) is 44.8 Å². The van der Waals surface area contributed by atoms with Gasteiger partial charge in [0.2, 0.25) is 0 Å². The second-order valence-corrected chi connectivity index (χ2v) is 10.2. The molecule has 166 valence electrons. The summed E-state index contributed by atoms with van der Waals surface area (Å²) >= 11 is 0. The zero-order chi connectivity index (χ0) is 21.5. The van der Waals surface area contributed by atoms with Gasteiger partial charge in [-0.3, -0.25) is 9.69 Å². The van der Waals surface area contributed by atoms with Crippen LogP contribution in [0.4, 0.5) is 5.69 Å². The SMILES string of the molecule is Cc1ccccc1N1CCC(N2C[C@@H]3C[C@H](C2)c2ccc(CN(C)C)c(=O)n2C3)CC1. The van der Waals surface area contributed by atoms with E-state index in [0.29, 0.717) is 17.9 Å². The third-order valence-corrected chi connectivity index (χ3v) is 7.63. The Balaban J connectivity index is 1.28. The molecule has 0 unspecified atom stereocenters. The molecule has 31 heavy (non-hydrogen) atoms. The number of hydrogen-bond acceptors (Lipinski definition) is 4. The van der Waals surface area contributed by atoms with Crippen molar-refractivity contribution in [1.29, 1.82) is 0 Å². The van der Waals surface area contributed by atoms with Gasteiger partial charge in [0, 0.05) is 68.2 Å². The molecule has 2 saturated heterocycles. The van der Waals surface area contributed by atoms with Crippen LogP contribution in [0.15, 0.2) is 41.2 Å². The molecule has 0 aliphatic carbocycles. The summed E-state index contributed by atoms with van der Waals surface area (Å²) in [6.07, 6.45) is 3.72. The molecule has 0 amide bonds. The fraction of sp³-hybridized carbons (Fsp3) is 0.577. The van der Waals surface area contributed by atoms with Crippen LogP contribution in [0, 0.1) is 12.8 Å². The lowest BCUT2D eigenvalue weighted by Gasteiger charge is -2.48. The Morgan fingerprint density at radius 2 is 1.77 bits per heavy atom. The minimum absolute atomic E-state index is 0.237. The Morgan fingerprint density at radius 1 is 1.00 bits per heavy atom. The maximum absolute atomic E-state index is 13.1. The standard InChI is InChI=1S/C26H36N4O/c1-19-6-4-5-7-24(19)28-12-10-23(11-13-28)29-15-20-14-22(18-29)25-9-8-21(17-27(2)3)26(31)30(25)16-20/h4-9,20,22-23H,10-18H2,1-3H3/t20-,22+/m0/s1. The summed E-state index contributed by atoms with van der Waals surface area (Å²) in [5.74, 6) is 1.11. The van der Waals surface area contributed by atoms with Crippen molar-refractivity contribution in [2.45, 2.75) is 51.2 Å². The van der Waals surface area contributed by atoms with Gasteiger partial charge in [-0.2, -0.15) is 0 Å². The van der Waals surface area contributed by atoms with Crippen LogP contribution in [0.1, 0.15) is 42.0 Å². The normalized spacial score (nSPS) is 24.5. The predicted octanol–water partition coefficient (Wildman–Crippen LogP) is 3.31. The Bertz CT molecular complexity index is 989. The molecule has 2 bridgehead atoms. The van der Waals surface area contributed by atoms with E-state index in [2.05, 4.69) is 62.6 Å². The average molecular weight is 421 g/mol. The van der Waals surface area contributed by atoms with Gasteiger partial charge in [0.05, 0.1) is 0 Å². The molecular formula is C26H36N4O. The van der Waals surface area contributed by atoms with Crippen LogP contribution in [0.2, 0.25) is 0 Å². The van der Waals surface area contributed by atoms with Crippen LogP contribution in [0.3, 0.4) is 0 Å². The first-order valence-corrected chi connectivity index (χ1v) is 11.9. The maximum Gasteiger partial charge on any atom is 0.255 e. The lowest BCUT2D eigenvalue weighted by atomic mass is 9.81. The number of fused-ring (bicyclic) bond motifs is 4. The molecule has 3 aliphatic heterocycles. The number of aromatic nitrogens is 1. The molecule has 0 N–H and O–H groups in total. The predicted molar refractivity (Wildman–Crippen MR) is 127 cm³/mol. The number of aryl methyl sites for hydroxylation is 1. The van der Waals surface area contributed by atoms with Gasteiger partial charge in [0.25, 0.3) is 5.56 Å². The second kappa shape index (κ2) is 8.44. The minimum atomic E-state index is 0.237. The van der Waals surface area contributed by atoms with Gasteiger partial charge in [0.15, 0.2) is 0 Å². The van der Waals surface area contributed by atoms with Gasteiger partial charge in [-0.25, -0.2) is 0 Å². The highest BCUT2D eigenvalue weighted by Gasteiger charge is 2.38. The highest BCUT2D eigenvalue weighted by Crippen LogP contribution is 2.37. The smallest absolute Gasteiger partial charge is 0.255 e. The van der Waals surface area contributed by atoms with E-state index >= 15 is 0 Å². The molecule has 2 fully saturated rings. The van der Waals surface area contributed by atoms with Crippen molar-refractivity contribution in [3.63, 3.8) is 0 Å². The zero-order valence-electron chi connectivity index (χ0n) is 19.3. The van der Waals surface area contributed by atoms with Crippen LogP contribution in [0.5, 0.6) is 0 Å². The van der Waals surface area contributed by atoms with E-state index < -0.39 is 0 Å². The second-order valence-electron chi connectivity index (χ2n) is 10.2. The monoisotopic (exact) mass is 420 g/mol. The van der Waals surface area contributed by atoms with Crippen molar-refractivity contribution in [2.24, 2.45) is 5.92 Å². The first-order chi connectivity index (χ1) is 15.0. The van der Waals surface area contributed by atoms with E-state index in [1.54, 1.807) is 0 Å². The van der Waals surface area contributed by atoms with Crippen molar-refractivity contribution >= 4 is 5.69 Å². The molecule has 0 radical (unpaired) electrons. The van der Waals surface area contributed by atoms with Crippen LogP contribution in [0.25, 0.3) is 0 Å². The average Bonchev–Trinajstić information content (AvgIpc) is 2.76. The summed E-state index contributed by atoms with van der Waals surface area (Å²) in [6, 6.07) is 13.8. The number of rotatable bonds is 4. The molecule has 2 aromatic rings. The number of benzene rings is 1. The molecule has 4 heterocycles. The van der Waals surface area contributed by atoms with Gasteiger partial charge in [-0.1, -0.05) is 24.3 Å². The molecule has 5 rings (SSSR count). The van der Waals surface area contributed by atoms with Crippen molar-refractivity contribution in [3.8, 4) is 0 Å². The van der Waals surface area contributed by atoms with E-state index in [4.69, 9.17) is 0 Å². The summed E-state index contributed by atoms with van der Waals surface area (Å²) in [6.45, 7) is 8.38. The largest absolute Gasteiger partial charge is 0.371 e. The number of pyridine rings is 1. The number of hydrogen-bond donors (Lipinski definition) is 0. The van der Waals surface area contributed by atoms with Crippen molar-refractivity contribution in [2.75, 3.05) is 45.2 Å². The molecule has 1 aromatic heterocycles. The molecule has 5 heteroatoms. The van der Waals surface area contributed by atoms with Crippen molar-refractivity contribution < 1.29 is 0 Å². The first kappa shape index (κ1) is 20.8. The molecular weight excluding hydrogens is 384 g/mol. The lowest BCUT2D eigenvalue weighted by molar-refractivity contribution is 0.0703. The number of anilines is 1. The number of nitrogens with zero attached hydrogens (tertiary/aromatic N) is 4. The first-order valence-electron chi connectivity index (χ1n) is 11.9. The number of piperidine rings is 2. The van der Waals surface area contributed by atoms with Crippen molar-refractivity contribution in [3.05, 3.63) is 63.6 Å². The molecule has 3 aliphatic rings. The van der Waals surface area contributed by atoms with Crippen LogP contribution in [-0.2, 0) is 13.1 Å². The van der Waals surface area contributed by atoms with Gasteiger partial charge < -0.3 is 14.4 Å². The summed E-state index contributed by atoms with van der Waals surface area (Å²) < 4.78 is 2.11. The fourth-order valence-electron chi connectivity index (χ4n) is 6.18. The Morgan fingerprint density at radius 3 is 2.52 bits per heavy atom. The van der Waals surface area contributed by atoms with Gasteiger partial charge in [0.1, 0.15) is 0 Å². The minimum Gasteiger partial charge on any atom is -0.371 e. The van der Waals surface area contributed by atoms with E-state index in [-0.39, 0.29) is 5.56 Å². The summed E-state index contributed by atoms with van der Waals surface area (Å²) in [5.41, 5.74) is 5.21. The van der Waals surface area contributed by atoms with E-state index in [1.165, 1.54) is 36.2 Å². The molecule has 2 atom stereocenters. The van der Waals surface area contributed by atoms with Crippen LogP contribution >= 0.6 is 0 Å². The molecule has 1 aromatic carbocycles.